The van der Waals surface area contributed by atoms with Crippen molar-refractivity contribution in [3.8, 4) is 0 Å². The Kier molecular flexibility index (Phi) is 3.98. The molecule has 6 rings (SSSR count). The van der Waals surface area contributed by atoms with Gasteiger partial charge in [-0.1, -0.05) is 0 Å². The van der Waals surface area contributed by atoms with Crippen molar-refractivity contribution in [3.63, 3.8) is 0 Å². The molecule has 140 valence electrons. The Morgan fingerprint density at radius 2 is 1.46 bits per heavy atom. The van der Waals surface area contributed by atoms with Gasteiger partial charge in [0.05, 0.1) is 0 Å². The maximum absolute atomic E-state index is 13.1. The van der Waals surface area contributed by atoms with E-state index in [1.807, 2.05) is 12.1 Å². The Morgan fingerprint density at radius 3 is 2.00 bits per heavy atom. The van der Waals surface area contributed by atoms with E-state index in [9.17, 15) is 9.18 Å². The number of anilines is 1. The molecule has 1 aromatic carbocycles. The SMILES string of the molecule is O=C(CC12CC3CC(CC(C3)C1)C2)N1CCN(c2ccc(F)cc2)CC1. The summed E-state index contributed by atoms with van der Waals surface area (Å²) < 4.78 is 13.1. The molecule has 1 amide bonds. The number of hydrogen-bond acceptors (Lipinski definition) is 2. The highest BCUT2D eigenvalue weighted by Crippen LogP contribution is 2.61. The molecule has 4 heteroatoms. The molecular formula is C22H29FN2O. The third kappa shape index (κ3) is 3.01. The molecule has 1 aliphatic heterocycles. The van der Waals surface area contributed by atoms with E-state index in [0.29, 0.717) is 11.3 Å². The molecule has 4 bridgehead atoms. The predicted molar refractivity (Wildman–Crippen MR) is 100 cm³/mol. The standard InChI is InChI=1S/C22H29FN2O/c23-19-1-3-20(4-2-19)24-5-7-25(8-6-24)21(26)15-22-12-16-9-17(13-22)11-18(10-16)14-22/h1-4,16-18H,5-15H2. The van der Waals surface area contributed by atoms with Gasteiger partial charge in [-0.25, -0.2) is 4.39 Å². The summed E-state index contributed by atoms with van der Waals surface area (Å²) in [6, 6.07) is 6.70. The lowest BCUT2D eigenvalue weighted by Crippen LogP contribution is -2.52. The van der Waals surface area contributed by atoms with Crippen LogP contribution in [0, 0.1) is 29.0 Å². The van der Waals surface area contributed by atoms with Gasteiger partial charge in [0.25, 0.3) is 0 Å². The molecule has 1 saturated heterocycles. The molecule has 0 N–H and O–H groups in total. The number of piperazine rings is 1. The van der Waals surface area contributed by atoms with Crippen LogP contribution in [0.25, 0.3) is 0 Å². The van der Waals surface area contributed by atoms with E-state index < -0.39 is 0 Å². The normalized spacial score (nSPS) is 35.8. The maximum Gasteiger partial charge on any atom is 0.223 e. The molecule has 5 aliphatic rings. The van der Waals surface area contributed by atoms with Crippen LogP contribution in [0.4, 0.5) is 10.1 Å². The van der Waals surface area contributed by atoms with Gasteiger partial charge in [-0.05, 0) is 86.0 Å². The summed E-state index contributed by atoms with van der Waals surface area (Å²) in [6.45, 7) is 3.28. The average Bonchev–Trinajstić information content (AvgIpc) is 2.61. The van der Waals surface area contributed by atoms with Crippen LogP contribution in [-0.2, 0) is 4.79 Å². The fourth-order valence-electron chi connectivity index (χ4n) is 6.81. The number of benzene rings is 1. The summed E-state index contributed by atoms with van der Waals surface area (Å²) in [5, 5.41) is 0. The van der Waals surface area contributed by atoms with Crippen LogP contribution in [0.15, 0.2) is 24.3 Å². The lowest BCUT2D eigenvalue weighted by atomic mass is 9.49. The quantitative estimate of drug-likeness (QED) is 0.815. The highest BCUT2D eigenvalue weighted by Gasteiger charge is 2.51. The largest absolute Gasteiger partial charge is 0.368 e. The van der Waals surface area contributed by atoms with Crippen molar-refractivity contribution in [2.24, 2.45) is 23.2 Å². The number of amides is 1. The van der Waals surface area contributed by atoms with Gasteiger partial charge in [0.1, 0.15) is 5.82 Å². The highest BCUT2D eigenvalue weighted by molar-refractivity contribution is 5.77. The number of hydrogen-bond donors (Lipinski definition) is 0. The molecule has 0 atom stereocenters. The summed E-state index contributed by atoms with van der Waals surface area (Å²) in [7, 11) is 0. The number of halogens is 1. The monoisotopic (exact) mass is 356 g/mol. The first-order valence-electron chi connectivity index (χ1n) is 10.4. The Bertz CT molecular complexity index is 643. The Morgan fingerprint density at radius 1 is 0.923 bits per heavy atom. The zero-order valence-electron chi connectivity index (χ0n) is 15.5. The fraction of sp³-hybridized carbons (Fsp3) is 0.682. The summed E-state index contributed by atoms with van der Waals surface area (Å²) in [5.74, 6) is 2.90. The second-order valence-electron chi connectivity index (χ2n) is 9.44. The maximum atomic E-state index is 13.1. The van der Waals surface area contributed by atoms with E-state index >= 15 is 0 Å². The van der Waals surface area contributed by atoms with Crippen LogP contribution in [0.2, 0.25) is 0 Å². The number of rotatable bonds is 3. The van der Waals surface area contributed by atoms with Crippen molar-refractivity contribution < 1.29 is 9.18 Å². The van der Waals surface area contributed by atoms with E-state index in [0.717, 1.165) is 56.0 Å². The van der Waals surface area contributed by atoms with Crippen LogP contribution >= 0.6 is 0 Å². The Labute approximate surface area is 155 Å². The van der Waals surface area contributed by atoms with Crippen LogP contribution in [0.1, 0.15) is 44.9 Å². The Hall–Kier alpha value is -1.58. The zero-order valence-corrected chi connectivity index (χ0v) is 15.5. The van der Waals surface area contributed by atoms with E-state index in [4.69, 9.17) is 0 Å². The summed E-state index contributed by atoms with van der Waals surface area (Å²) >= 11 is 0. The molecule has 4 saturated carbocycles. The van der Waals surface area contributed by atoms with Gasteiger partial charge in [0.15, 0.2) is 0 Å². The van der Waals surface area contributed by atoms with Gasteiger partial charge in [0, 0.05) is 38.3 Å². The lowest BCUT2D eigenvalue weighted by molar-refractivity contribution is -0.139. The molecule has 3 nitrogen and oxygen atoms in total. The zero-order chi connectivity index (χ0) is 17.7. The first-order valence-corrected chi connectivity index (χ1v) is 10.4. The van der Waals surface area contributed by atoms with Crippen LogP contribution in [0.3, 0.4) is 0 Å². The minimum Gasteiger partial charge on any atom is -0.368 e. The molecule has 1 aromatic rings. The number of carbonyl (C=O) groups is 1. The molecule has 0 radical (unpaired) electrons. The van der Waals surface area contributed by atoms with Crippen LogP contribution in [-0.4, -0.2) is 37.0 Å². The molecule has 0 unspecified atom stereocenters. The van der Waals surface area contributed by atoms with E-state index in [1.54, 1.807) is 0 Å². The van der Waals surface area contributed by atoms with Gasteiger partial charge >= 0.3 is 0 Å². The van der Waals surface area contributed by atoms with E-state index in [-0.39, 0.29) is 5.82 Å². The molecule has 5 fully saturated rings. The third-order valence-corrected chi connectivity index (χ3v) is 7.52. The van der Waals surface area contributed by atoms with Gasteiger partial charge in [-0.3, -0.25) is 4.79 Å². The van der Waals surface area contributed by atoms with Crippen molar-refractivity contribution in [3.05, 3.63) is 30.1 Å². The van der Waals surface area contributed by atoms with Gasteiger partial charge < -0.3 is 9.80 Å². The molecule has 0 spiro atoms. The molecular weight excluding hydrogens is 327 g/mol. The first-order chi connectivity index (χ1) is 12.6. The fourth-order valence-corrected chi connectivity index (χ4v) is 6.81. The average molecular weight is 356 g/mol. The second kappa shape index (κ2) is 6.24. The molecule has 0 aromatic heterocycles. The van der Waals surface area contributed by atoms with Crippen molar-refractivity contribution in [2.45, 2.75) is 44.9 Å². The first kappa shape index (κ1) is 16.6. The van der Waals surface area contributed by atoms with Crippen LogP contribution in [0.5, 0.6) is 0 Å². The van der Waals surface area contributed by atoms with Crippen molar-refractivity contribution in [1.29, 1.82) is 0 Å². The number of carbonyl (C=O) groups excluding carboxylic acids is 1. The van der Waals surface area contributed by atoms with E-state index in [2.05, 4.69) is 9.80 Å². The van der Waals surface area contributed by atoms with Crippen LogP contribution < -0.4 is 4.90 Å². The molecule has 4 aliphatic carbocycles. The summed E-state index contributed by atoms with van der Waals surface area (Å²) in [6.07, 6.45) is 9.01. The molecule has 1 heterocycles. The van der Waals surface area contributed by atoms with Gasteiger partial charge in [-0.15, -0.1) is 0 Å². The lowest BCUT2D eigenvalue weighted by Gasteiger charge is -2.57. The van der Waals surface area contributed by atoms with Crippen molar-refractivity contribution in [1.82, 2.24) is 4.90 Å². The van der Waals surface area contributed by atoms with Gasteiger partial charge in [-0.2, -0.15) is 0 Å². The van der Waals surface area contributed by atoms with Gasteiger partial charge in [0.2, 0.25) is 5.91 Å². The van der Waals surface area contributed by atoms with Crippen molar-refractivity contribution in [2.75, 3.05) is 31.1 Å². The third-order valence-electron chi connectivity index (χ3n) is 7.52. The highest BCUT2D eigenvalue weighted by atomic mass is 19.1. The number of nitrogens with zero attached hydrogens (tertiary/aromatic N) is 2. The summed E-state index contributed by atoms with van der Waals surface area (Å²) in [5.41, 5.74) is 1.39. The minimum absolute atomic E-state index is 0.196. The van der Waals surface area contributed by atoms with E-state index in [1.165, 1.54) is 50.7 Å². The topological polar surface area (TPSA) is 23.6 Å². The minimum atomic E-state index is -0.196. The predicted octanol–water partition coefficient (Wildman–Crippen LogP) is 4.08. The smallest absolute Gasteiger partial charge is 0.223 e. The van der Waals surface area contributed by atoms with Crippen molar-refractivity contribution >= 4 is 11.6 Å². The molecule has 26 heavy (non-hydrogen) atoms. The second-order valence-corrected chi connectivity index (χ2v) is 9.44. The summed E-state index contributed by atoms with van der Waals surface area (Å²) in [4.78, 5) is 17.4. The Balaban J connectivity index is 1.19.